The van der Waals surface area contributed by atoms with Crippen molar-refractivity contribution in [3.8, 4) is 5.75 Å². The van der Waals surface area contributed by atoms with E-state index in [1.54, 1.807) is 20.8 Å². The molecule has 0 aromatic heterocycles. The average molecular weight is 347 g/mol. The van der Waals surface area contributed by atoms with Crippen LogP contribution in [0.2, 0.25) is 0 Å². The quantitative estimate of drug-likeness (QED) is 0.841. The summed E-state index contributed by atoms with van der Waals surface area (Å²) >= 11 is 0. The topological polar surface area (TPSA) is 63.7 Å². The number of rotatable bonds is 3. The zero-order valence-corrected chi connectivity index (χ0v) is 14.0. The summed E-state index contributed by atoms with van der Waals surface area (Å²) in [6.45, 7) is 2.09. The van der Waals surface area contributed by atoms with Gasteiger partial charge < -0.3 is 9.64 Å². The number of carbonyl (C=O) groups excluding carboxylic acids is 1. The van der Waals surface area contributed by atoms with Crippen molar-refractivity contribution in [1.82, 2.24) is 4.90 Å². The third kappa shape index (κ3) is 3.80. The van der Waals surface area contributed by atoms with Crippen LogP contribution in [0, 0.1) is 13.8 Å². The summed E-state index contributed by atoms with van der Waals surface area (Å²) in [5.41, 5.74) is 1.21. The van der Waals surface area contributed by atoms with E-state index in [2.05, 4.69) is 4.74 Å². The highest BCUT2D eigenvalue weighted by molar-refractivity contribution is 7.92. The van der Waals surface area contributed by atoms with E-state index in [9.17, 15) is 22.0 Å². The predicted molar refractivity (Wildman–Crippen MR) is 81.7 cm³/mol. The zero-order chi connectivity index (χ0) is 17.4. The minimum atomic E-state index is -3.14. The minimum absolute atomic E-state index is 0.0612. The van der Waals surface area contributed by atoms with E-state index in [-0.39, 0.29) is 30.5 Å². The molecule has 0 N–H and O–H groups in total. The molecule has 1 aliphatic rings. The van der Waals surface area contributed by atoms with E-state index in [4.69, 9.17) is 0 Å². The second kappa shape index (κ2) is 6.43. The normalized spacial score (nSPS) is 20.6. The van der Waals surface area contributed by atoms with E-state index in [1.165, 1.54) is 17.0 Å². The van der Waals surface area contributed by atoms with E-state index >= 15 is 0 Å². The van der Waals surface area contributed by atoms with Crippen LogP contribution in [0.5, 0.6) is 5.75 Å². The largest absolute Gasteiger partial charge is 0.434 e. The lowest BCUT2D eigenvalue weighted by molar-refractivity contribution is -0.0507. The molecule has 1 fully saturated rings. The maximum Gasteiger partial charge on any atom is 0.387 e. The Labute approximate surface area is 134 Å². The smallest absolute Gasteiger partial charge is 0.387 e. The van der Waals surface area contributed by atoms with Crippen molar-refractivity contribution in [1.29, 1.82) is 0 Å². The second-order valence-corrected chi connectivity index (χ2v) is 8.29. The summed E-state index contributed by atoms with van der Waals surface area (Å²) in [6, 6.07) is 2.97. The molecule has 0 bridgehead atoms. The molecule has 0 aliphatic carbocycles. The van der Waals surface area contributed by atoms with Crippen molar-refractivity contribution >= 4 is 15.7 Å². The third-order valence-corrected chi connectivity index (χ3v) is 6.06. The van der Waals surface area contributed by atoms with Gasteiger partial charge in [-0.3, -0.25) is 4.79 Å². The number of carbonyl (C=O) groups is 1. The Hall–Kier alpha value is -1.70. The fourth-order valence-electron chi connectivity index (χ4n) is 2.67. The van der Waals surface area contributed by atoms with Crippen molar-refractivity contribution in [3.63, 3.8) is 0 Å². The average Bonchev–Trinajstić information content (AvgIpc) is 2.44. The molecule has 2 rings (SSSR count). The highest BCUT2D eigenvalue weighted by Crippen LogP contribution is 2.27. The number of hydrogen-bond donors (Lipinski definition) is 0. The van der Waals surface area contributed by atoms with Crippen LogP contribution in [0.4, 0.5) is 8.78 Å². The zero-order valence-electron chi connectivity index (χ0n) is 13.2. The van der Waals surface area contributed by atoms with Crippen molar-refractivity contribution < 1.29 is 26.7 Å². The SMILES string of the molecule is Cc1cc(C(=O)N2CCS(=O)(=O)[C@@H](C)C2)cc(C)c1OC(F)F. The molecule has 1 aromatic carbocycles. The number of halogens is 2. The van der Waals surface area contributed by atoms with E-state index in [0.29, 0.717) is 16.7 Å². The van der Waals surface area contributed by atoms with Gasteiger partial charge in [-0.1, -0.05) is 0 Å². The molecule has 0 spiro atoms. The fraction of sp³-hybridized carbons (Fsp3) is 0.533. The standard InChI is InChI=1S/C15H19F2NO4S/c1-9-6-12(7-10(2)13(9)22-15(16)17)14(19)18-4-5-23(20,21)11(3)8-18/h6-7,11,15H,4-5,8H2,1-3H3/t11-/m0/s1. The summed E-state index contributed by atoms with van der Waals surface area (Å²) in [6.07, 6.45) is 0. The molecule has 5 nitrogen and oxygen atoms in total. The Morgan fingerprint density at radius 3 is 2.35 bits per heavy atom. The van der Waals surface area contributed by atoms with E-state index in [1.807, 2.05) is 0 Å². The Bertz CT molecular complexity index is 695. The summed E-state index contributed by atoms with van der Waals surface area (Å²) in [5.74, 6) is -0.308. The Kier molecular flexibility index (Phi) is 4.93. The molecule has 1 aliphatic heterocycles. The van der Waals surface area contributed by atoms with Gasteiger partial charge in [-0.2, -0.15) is 8.78 Å². The lowest BCUT2D eigenvalue weighted by Crippen LogP contribution is -2.48. The minimum Gasteiger partial charge on any atom is -0.434 e. The predicted octanol–water partition coefficient (Wildman–Crippen LogP) is 2.16. The molecule has 8 heteroatoms. The molecule has 128 valence electrons. The van der Waals surface area contributed by atoms with Gasteiger partial charge in [0.15, 0.2) is 9.84 Å². The van der Waals surface area contributed by atoms with Crippen molar-refractivity contribution in [2.24, 2.45) is 0 Å². The lowest BCUT2D eigenvalue weighted by Gasteiger charge is -2.31. The van der Waals surface area contributed by atoms with E-state index < -0.39 is 21.7 Å². The van der Waals surface area contributed by atoms with Gasteiger partial charge in [0, 0.05) is 18.7 Å². The Morgan fingerprint density at radius 2 is 1.87 bits per heavy atom. The molecule has 1 aromatic rings. The number of alkyl halides is 2. The summed E-state index contributed by atoms with van der Waals surface area (Å²) in [7, 11) is -3.14. The molecule has 1 amide bonds. The molecular weight excluding hydrogens is 328 g/mol. The van der Waals surface area contributed by atoms with Crippen LogP contribution >= 0.6 is 0 Å². The maximum atomic E-state index is 12.5. The van der Waals surface area contributed by atoms with Gasteiger partial charge in [0.1, 0.15) is 5.75 Å². The van der Waals surface area contributed by atoms with Gasteiger partial charge in [-0.15, -0.1) is 0 Å². The van der Waals surface area contributed by atoms with E-state index in [0.717, 1.165) is 0 Å². The van der Waals surface area contributed by atoms with Gasteiger partial charge in [0.05, 0.1) is 11.0 Å². The molecule has 1 atom stereocenters. The van der Waals surface area contributed by atoms with Gasteiger partial charge in [0.2, 0.25) is 0 Å². The van der Waals surface area contributed by atoms with Crippen molar-refractivity contribution in [3.05, 3.63) is 28.8 Å². The van der Waals surface area contributed by atoms with Gasteiger partial charge in [-0.05, 0) is 44.0 Å². The Balaban J connectivity index is 2.24. The van der Waals surface area contributed by atoms with Crippen LogP contribution in [0.15, 0.2) is 12.1 Å². The first-order valence-corrected chi connectivity index (χ1v) is 8.90. The van der Waals surface area contributed by atoms with Crippen LogP contribution in [-0.2, 0) is 9.84 Å². The highest BCUT2D eigenvalue weighted by Gasteiger charge is 2.32. The molecule has 0 radical (unpaired) electrons. The third-order valence-electron chi connectivity index (χ3n) is 3.94. The summed E-state index contributed by atoms with van der Waals surface area (Å²) in [5, 5.41) is -0.608. The molecule has 0 unspecified atom stereocenters. The molecular formula is C15H19F2NO4S. The number of ether oxygens (including phenoxy) is 1. The lowest BCUT2D eigenvalue weighted by atomic mass is 10.0. The van der Waals surface area contributed by atoms with Crippen LogP contribution in [-0.4, -0.2) is 49.9 Å². The molecule has 1 saturated heterocycles. The fourth-order valence-corrected chi connectivity index (χ4v) is 3.95. The van der Waals surface area contributed by atoms with Crippen LogP contribution in [0.3, 0.4) is 0 Å². The van der Waals surface area contributed by atoms with Crippen LogP contribution in [0.1, 0.15) is 28.4 Å². The number of sulfone groups is 1. The molecule has 1 heterocycles. The molecule has 0 saturated carbocycles. The maximum absolute atomic E-state index is 12.5. The first-order valence-electron chi connectivity index (χ1n) is 7.18. The first-order chi connectivity index (χ1) is 10.6. The highest BCUT2D eigenvalue weighted by atomic mass is 32.2. The summed E-state index contributed by atoms with van der Waals surface area (Å²) in [4.78, 5) is 14.0. The first kappa shape index (κ1) is 17.7. The number of nitrogens with zero attached hydrogens (tertiary/aromatic N) is 1. The Morgan fingerprint density at radius 1 is 1.30 bits per heavy atom. The van der Waals surface area contributed by atoms with Gasteiger partial charge >= 0.3 is 6.61 Å². The molecule has 23 heavy (non-hydrogen) atoms. The van der Waals surface area contributed by atoms with Crippen LogP contribution < -0.4 is 4.74 Å². The van der Waals surface area contributed by atoms with Crippen molar-refractivity contribution in [2.75, 3.05) is 18.8 Å². The van der Waals surface area contributed by atoms with Crippen LogP contribution in [0.25, 0.3) is 0 Å². The second-order valence-electron chi connectivity index (χ2n) is 5.75. The number of amides is 1. The number of hydrogen-bond acceptors (Lipinski definition) is 4. The number of aryl methyl sites for hydroxylation is 2. The van der Waals surface area contributed by atoms with Crippen molar-refractivity contribution in [2.45, 2.75) is 32.6 Å². The van der Waals surface area contributed by atoms with Gasteiger partial charge in [-0.25, -0.2) is 8.42 Å². The summed E-state index contributed by atoms with van der Waals surface area (Å²) < 4.78 is 52.7. The number of benzene rings is 1. The van der Waals surface area contributed by atoms with Gasteiger partial charge in [0.25, 0.3) is 5.91 Å². The monoisotopic (exact) mass is 347 g/mol.